The molecule has 1 aromatic rings. The Hall–Kier alpha value is -2.05. The number of amides is 2. The number of rotatable bonds is 5. The van der Waals surface area contributed by atoms with Gasteiger partial charge in [-0.2, -0.15) is 5.10 Å². The first-order valence-corrected chi connectivity index (χ1v) is 6.46. The molecule has 0 aliphatic rings. The van der Waals surface area contributed by atoms with Crippen LogP contribution in [-0.4, -0.2) is 43.9 Å². The molecule has 112 valence electrons. The van der Waals surface area contributed by atoms with E-state index in [9.17, 15) is 9.59 Å². The zero-order valence-electron chi connectivity index (χ0n) is 12.4. The number of carboxylic acids is 1. The van der Waals surface area contributed by atoms with E-state index in [2.05, 4.69) is 10.4 Å². The van der Waals surface area contributed by atoms with Gasteiger partial charge in [0.25, 0.3) is 0 Å². The summed E-state index contributed by atoms with van der Waals surface area (Å²) in [7, 11) is 1.81. The van der Waals surface area contributed by atoms with Crippen LogP contribution in [0.15, 0.2) is 12.3 Å². The van der Waals surface area contributed by atoms with Crippen molar-refractivity contribution < 1.29 is 14.7 Å². The van der Waals surface area contributed by atoms with Crippen LogP contribution in [-0.2, 0) is 18.4 Å². The molecule has 7 nitrogen and oxygen atoms in total. The van der Waals surface area contributed by atoms with Gasteiger partial charge in [0, 0.05) is 25.3 Å². The van der Waals surface area contributed by atoms with Gasteiger partial charge in [-0.05, 0) is 26.8 Å². The van der Waals surface area contributed by atoms with E-state index in [-0.39, 0.29) is 19.0 Å². The van der Waals surface area contributed by atoms with E-state index < -0.39 is 11.5 Å². The minimum Gasteiger partial charge on any atom is -0.481 e. The van der Waals surface area contributed by atoms with Crippen LogP contribution in [0.2, 0.25) is 0 Å². The lowest BCUT2D eigenvalue weighted by Crippen LogP contribution is -2.51. The van der Waals surface area contributed by atoms with Crippen LogP contribution in [0.5, 0.6) is 0 Å². The minimum atomic E-state index is -0.920. The second-order valence-electron chi connectivity index (χ2n) is 5.61. The molecule has 0 saturated heterocycles. The molecule has 0 bridgehead atoms. The normalized spacial score (nSPS) is 11.2. The molecule has 0 aromatic carbocycles. The number of hydrogen-bond donors (Lipinski definition) is 2. The maximum absolute atomic E-state index is 12.2. The monoisotopic (exact) mass is 282 g/mol. The standard InChI is InChI=1S/C13H22N4O3/c1-13(2,3)17(8-6-11(18)19)12(20)14-9-10-5-7-16(4)15-10/h5,7H,6,8-9H2,1-4H3,(H,14,20)(H,18,19). The summed E-state index contributed by atoms with van der Waals surface area (Å²) in [6, 6.07) is 1.53. The van der Waals surface area contributed by atoms with E-state index in [0.717, 1.165) is 5.69 Å². The molecule has 0 radical (unpaired) electrons. The van der Waals surface area contributed by atoms with Crippen LogP contribution in [0.4, 0.5) is 4.79 Å². The number of aromatic nitrogens is 2. The molecule has 7 heteroatoms. The Morgan fingerprint density at radius 3 is 2.55 bits per heavy atom. The predicted octanol–water partition coefficient (Wildman–Crippen LogP) is 1.20. The Kier molecular flexibility index (Phi) is 5.12. The number of aryl methyl sites for hydroxylation is 1. The lowest BCUT2D eigenvalue weighted by molar-refractivity contribution is -0.137. The molecule has 0 aliphatic heterocycles. The molecule has 0 saturated carbocycles. The molecule has 2 N–H and O–H groups in total. The number of hydrogen-bond acceptors (Lipinski definition) is 3. The van der Waals surface area contributed by atoms with Gasteiger partial charge < -0.3 is 15.3 Å². The fraction of sp³-hybridized carbons (Fsp3) is 0.615. The lowest BCUT2D eigenvalue weighted by Gasteiger charge is -2.35. The minimum absolute atomic E-state index is 0.0751. The molecule has 0 unspecified atom stereocenters. The van der Waals surface area contributed by atoms with Gasteiger partial charge in [0.2, 0.25) is 0 Å². The highest BCUT2D eigenvalue weighted by Gasteiger charge is 2.26. The number of aliphatic carboxylic acids is 1. The molecular weight excluding hydrogens is 260 g/mol. The van der Waals surface area contributed by atoms with Crippen molar-refractivity contribution in [3.8, 4) is 0 Å². The van der Waals surface area contributed by atoms with E-state index >= 15 is 0 Å². The Morgan fingerprint density at radius 2 is 2.10 bits per heavy atom. The zero-order valence-corrected chi connectivity index (χ0v) is 12.4. The summed E-state index contributed by atoms with van der Waals surface area (Å²) in [4.78, 5) is 24.4. The van der Waals surface area contributed by atoms with Crippen molar-refractivity contribution in [1.82, 2.24) is 20.0 Å². The van der Waals surface area contributed by atoms with Gasteiger partial charge in [0.15, 0.2) is 0 Å². The first-order chi connectivity index (χ1) is 9.20. The maximum atomic E-state index is 12.2. The number of carboxylic acid groups (broad SMARTS) is 1. The third-order valence-corrected chi connectivity index (χ3v) is 2.79. The molecule has 2 amide bonds. The van der Waals surface area contributed by atoms with E-state index in [4.69, 9.17) is 5.11 Å². The molecule has 1 heterocycles. The molecule has 0 aliphatic carbocycles. The van der Waals surface area contributed by atoms with Crippen LogP contribution in [0.25, 0.3) is 0 Å². The zero-order chi connectivity index (χ0) is 15.3. The summed E-state index contributed by atoms with van der Waals surface area (Å²) < 4.78 is 1.66. The highest BCUT2D eigenvalue weighted by molar-refractivity contribution is 5.76. The van der Waals surface area contributed by atoms with Gasteiger partial charge in [-0.25, -0.2) is 4.79 Å². The van der Waals surface area contributed by atoms with Crippen molar-refractivity contribution >= 4 is 12.0 Å². The Balaban J connectivity index is 2.61. The Bertz CT molecular complexity index is 476. The fourth-order valence-corrected chi connectivity index (χ4v) is 1.77. The van der Waals surface area contributed by atoms with E-state index in [0.29, 0.717) is 6.54 Å². The highest BCUT2D eigenvalue weighted by Crippen LogP contribution is 2.14. The van der Waals surface area contributed by atoms with Crippen LogP contribution in [0, 0.1) is 0 Å². The van der Waals surface area contributed by atoms with Crippen LogP contribution in [0.3, 0.4) is 0 Å². The van der Waals surface area contributed by atoms with Crippen LogP contribution >= 0.6 is 0 Å². The average molecular weight is 282 g/mol. The van der Waals surface area contributed by atoms with Crippen molar-refractivity contribution in [3.05, 3.63) is 18.0 Å². The second kappa shape index (κ2) is 6.40. The molecule has 20 heavy (non-hydrogen) atoms. The molecule has 0 atom stereocenters. The molecular formula is C13H22N4O3. The average Bonchev–Trinajstić information content (AvgIpc) is 2.70. The number of carbonyl (C=O) groups is 2. The molecule has 0 fully saturated rings. The van der Waals surface area contributed by atoms with E-state index in [1.165, 1.54) is 4.90 Å². The summed E-state index contributed by atoms with van der Waals surface area (Å²) in [5, 5.41) is 15.7. The Morgan fingerprint density at radius 1 is 1.45 bits per heavy atom. The quantitative estimate of drug-likeness (QED) is 0.849. The summed E-state index contributed by atoms with van der Waals surface area (Å²) in [6.07, 6.45) is 1.72. The van der Waals surface area contributed by atoms with Crippen LogP contribution < -0.4 is 5.32 Å². The number of urea groups is 1. The summed E-state index contributed by atoms with van der Waals surface area (Å²) in [6.45, 7) is 6.10. The third kappa shape index (κ3) is 4.91. The summed E-state index contributed by atoms with van der Waals surface area (Å²) in [5.74, 6) is -0.920. The first kappa shape index (κ1) is 16.0. The van der Waals surface area contributed by atoms with Gasteiger partial charge in [-0.15, -0.1) is 0 Å². The van der Waals surface area contributed by atoms with Crippen molar-refractivity contribution in [3.63, 3.8) is 0 Å². The van der Waals surface area contributed by atoms with Gasteiger partial charge in [0.05, 0.1) is 18.7 Å². The van der Waals surface area contributed by atoms with Crippen molar-refractivity contribution in [2.75, 3.05) is 6.54 Å². The second-order valence-corrected chi connectivity index (χ2v) is 5.61. The van der Waals surface area contributed by atoms with Gasteiger partial charge in [-0.1, -0.05) is 0 Å². The summed E-state index contributed by atoms with van der Waals surface area (Å²) >= 11 is 0. The molecule has 0 spiro atoms. The number of nitrogens with one attached hydrogen (secondary N) is 1. The molecule has 1 aromatic heterocycles. The third-order valence-electron chi connectivity index (χ3n) is 2.79. The highest BCUT2D eigenvalue weighted by atomic mass is 16.4. The van der Waals surface area contributed by atoms with Gasteiger partial charge in [-0.3, -0.25) is 9.48 Å². The van der Waals surface area contributed by atoms with Crippen LogP contribution in [0.1, 0.15) is 32.9 Å². The maximum Gasteiger partial charge on any atom is 0.318 e. The van der Waals surface area contributed by atoms with Crippen molar-refractivity contribution in [2.45, 2.75) is 39.3 Å². The number of nitrogens with zero attached hydrogens (tertiary/aromatic N) is 3. The SMILES string of the molecule is Cn1ccc(CNC(=O)N(CCC(=O)O)C(C)(C)C)n1. The first-order valence-electron chi connectivity index (χ1n) is 6.46. The molecule has 1 rings (SSSR count). The smallest absolute Gasteiger partial charge is 0.318 e. The lowest BCUT2D eigenvalue weighted by atomic mass is 10.1. The Labute approximate surface area is 118 Å². The largest absolute Gasteiger partial charge is 0.481 e. The van der Waals surface area contributed by atoms with Crippen molar-refractivity contribution in [2.24, 2.45) is 7.05 Å². The fourth-order valence-electron chi connectivity index (χ4n) is 1.77. The van der Waals surface area contributed by atoms with Gasteiger partial charge >= 0.3 is 12.0 Å². The van der Waals surface area contributed by atoms with E-state index in [1.807, 2.05) is 26.8 Å². The van der Waals surface area contributed by atoms with Gasteiger partial charge in [0.1, 0.15) is 0 Å². The van der Waals surface area contributed by atoms with Crippen molar-refractivity contribution in [1.29, 1.82) is 0 Å². The van der Waals surface area contributed by atoms with E-state index in [1.54, 1.807) is 17.9 Å². The topological polar surface area (TPSA) is 87.5 Å². The summed E-state index contributed by atoms with van der Waals surface area (Å²) in [5.41, 5.74) is 0.317. The predicted molar refractivity (Wildman–Crippen MR) is 74.2 cm³/mol. The number of carbonyl (C=O) groups excluding carboxylic acids is 1.